The first-order valence-electron chi connectivity index (χ1n) is 3.03. The number of carbonyl (C=O) groups excluding carboxylic acids is 2. The SMILES string of the molecule is C=CC(=O)N(C)CCC=O. The van der Waals surface area contributed by atoms with E-state index >= 15 is 0 Å². The van der Waals surface area contributed by atoms with E-state index in [-0.39, 0.29) is 5.91 Å². The van der Waals surface area contributed by atoms with Crippen molar-refractivity contribution in [3.8, 4) is 0 Å². The molecule has 0 aliphatic heterocycles. The van der Waals surface area contributed by atoms with Gasteiger partial charge in [-0.2, -0.15) is 0 Å². The van der Waals surface area contributed by atoms with E-state index in [1.807, 2.05) is 0 Å². The van der Waals surface area contributed by atoms with Gasteiger partial charge in [-0.15, -0.1) is 0 Å². The molecule has 0 aromatic heterocycles. The Morgan fingerprint density at radius 2 is 2.30 bits per heavy atom. The highest BCUT2D eigenvalue weighted by atomic mass is 16.2. The zero-order valence-electron chi connectivity index (χ0n) is 6.04. The Balaban J connectivity index is 3.60. The van der Waals surface area contributed by atoms with Crippen molar-refractivity contribution in [1.82, 2.24) is 4.90 Å². The molecular formula is C7H11NO2. The predicted octanol–water partition coefficient (Wildman–Crippen LogP) is 0.220. The minimum absolute atomic E-state index is 0.151. The molecule has 0 atom stereocenters. The van der Waals surface area contributed by atoms with E-state index in [0.717, 1.165) is 6.29 Å². The van der Waals surface area contributed by atoms with Crippen LogP contribution in [0.4, 0.5) is 0 Å². The molecule has 0 fully saturated rings. The lowest BCUT2D eigenvalue weighted by molar-refractivity contribution is -0.125. The van der Waals surface area contributed by atoms with Gasteiger partial charge in [0.15, 0.2) is 0 Å². The van der Waals surface area contributed by atoms with Gasteiger partial charge in [0, 0.05) is 20.0 Å². The summed E-state index contributed by atoms with van der Waals surface area (Å²) in [5.41, 5.74) is 0. The Labute approximate surface area is 60.3 Å². The molecule has 3 nitrogen and oxygen atoms in total. The van der Waals surface area contributed by atoms with Gasteiger partial charge in [-0.3, -0.25) is 4.79 Å². The van der Waals surface area contributed by atoms with Gasteiger partial charge in [0.1, 0.15) is 6.29 Å². The van der Waals surface area contributed by atoms with Crippen LogP contribution in [0.15, 0.2) is 12.7 Å². The fourth-order valence-corrected chi connectivity index (χ4v) is 0.512. The topological polar surface area (TPSA) is 37.4 Å². The van der Waals surface area contributed by atoms with E-state index in [2.05, 4.69) is 6.58 Å². The molecule has 0 saturated carbocycles. The van der Waals surface area contributed by atoms with E-state index in [9.17, 15) is 9.59 Å². The third-order valence-electron chi connectivity index (χ3n) is 1.13. The molecule has 0 aromatic carbocycles. The van der Waals surface area contributed by atoms with Crippen LogP contribution in [0.25, 0.3) is 0 Å². The Hall–Kier alpha value is -1.12. The highest BCUT2D eigenvalue weighted by molar-refractivity contribution is 5.86. The lowest BCUT2D eigenvalue weighted by Crippen LogP contribution is -2.25. The Morgan fingerprint density at radius 1 is 1.70 bits per heavy atom. The number of carbonyl (C=O) groups is 2. The second-order valence-corrected chi connectivity index (χ2v) is 1.92. The smallest absolute Gasteiger partial charge is 0.245 e. The van der Waals surface area contributed by atoms with Crippen LogP contribution in [0.1, 0.15) is 6.42 Å². The summed E-state index contributed by atoms with van der Waals surface area (Å²) in [4.78, 5) is 22.0. The van der Waals surface area contributed by atoms with Crippen molar-refractivity contribution in [3.05, 3.63) is 12.7 Å². The van der Waals surface area contributed by atoms with Gasteiger partial charge >= 0.3 is 0 Å². The second-order valence-electron chi connectivity index (χ2n) is 1.92. The molecule has 0 rings (SSSR count). The largest absolute Gasteiger partial charge is 0.342 e. The normalized spacial score (nSPS) is 8.50. The van der Waals surface area contributed by atoms with Crippen molar-refractivity contribution >= 4 is 12.2 Å². The molecule has 0 spiro atoms. The first-order valence-corrected chi connectivity index (χ1v) is 3.03. The highest BCUT2D eigenvalue weighted by Crippen LogP contribution is 1.86. The van der Waals surface area contributed by atoms with Crippen LogP contribution in [0, 0.1) is 0 Å². The molecule has 0 aliphatic carbocycles. The Morgan fingerprint density at radius 3 is 2.70 bits per heavy atom. The zero-order valence-corrected chi connectivity index (χ0v) is 6.04. The van der Waals surface area contributed by atoms with Gasteiger partial charge < -0.3 is 9.69 Å². The van der Waals surface area contributed by atoms with Gasteiger partial charge in [-0.1, -0.05) is 6.58 Å². The van der Waals surface area contributed by atoms with Gasteiger partial charge in [-0.25, -0.2) is 0 Å². The van der Waals surface area contributed by atoms with Crippen molar-refractivity contribution in [2.24, 2.45) is 0 Å². The van der Waals surface area contributed by atoms with Crippen LogP contribution < -0.4 is 0 Å². The summed E-state index contributed by atoms with van der Waals surface area (Å²) in [7, 11) is 1.63. The maximum atomic E-state index is 10.7. The molecule has 0 unspecified atom stereocenters. The molecule has 0 radical (unpaired) electrons. The minimum Gasteiger partial charge on any atom is -0.342 e. The number of rotatable bonds is 4. The summed E-state index contributed by atoms with van der Waals surface area (Å²) in [6.07, 6.45) is 2.40. The maximum Gasteiger partial charge on any atom is 0.245 e. The zero-order chi connectivity index (χ0) is 7.98. The van der Waals surface area contributed by atoms with Crippen molar-refractivity contribution < 1.29 is 9.59 Å². The summed E-state index contributed by atoms with van der Waals surface area (Å²) in [6, 6.07) is 0. The molecule has 56 valence electrons. The lowest BCUT2D eigenvalue weighted by Gasteiger charge is -2.11. The van der Waals surface area contributed by atoms with Crippen molar-refractivity contribution in [2.75, 3.05) is 13.6 Å². The van der Waals surface area contributed by atoms with Crippen molar-refractivity contribution in [2.45, 2.75) is 6.42 Å². The standard InChI is InChI=1S/C7H11NO2/c1-3-7(10)8(2)5-4-6-9/h3,6H,1,4-5H2,2H3. The van der Waals surface area contributed by atoms with Gasteiger partial charge in [0.2, 0.25) is 5.91 Å². The van der Waals surface area contributed by atoms with Crippen LogP contribution in [0.3, 0.4) is 0 Å². The molecular weight excluding hydrogens is 130 g/mol. The first kappa shape index (κ1) is 8.88. The van der Waals surface area contributed by atoms with Crippen LogP contribution >= 0.6 is 0 Å². The molecule has 0 bridgehead atoms. The lowest BCUT2D eigenvalue weighted by atomic mass is 10.4. The Kier molecular flexibility index (Phi) is 4.20. The summed E-state index contributed by atoms with van der Waals surface area (Å²) in [5.74, 6) is -0.151. The summed E-state index contributed by atoms with van der Waals surface area (Å²) < 4.78 is 0. The fourth-order valence-electron chi connectivity index (χ4n) is 0.512. The summed E-state index contributed by atoms with van der Waals surface area (Å²) >= 11 is 0. The molecule has 0 N–H and O–H groups in total. The number of hydrogen-bond acceptors (Lipinski definition) is 2. The van der Waals surface area contributed by atoms with E-state index in [1.54, 1.807) is 7.05 Å². The summed E-state index contributed by atoms with van der Waals surface area (Å²) in [5, 5.41) is 0. The highest BCUT2D eigenvalue weighted by Gasteiger charge is 2.00. The number of hydrogen-bond donors (Lipinski definition) is 0. The molecule has 1 amide bonds. The van der Waals surface area contributed by atoms with E-state index in [1.165, 1.54) is 11.0 Å². The summed E-state index contributed by atoms with van der Waals surface area (Å²) in [6.45, 7) is 3.78. The van der Waals surface area contributed by atoms with E-state index in [0.29, 0.717) is 13.0 Å². The van der Waals surface area contributed by atoms with Crippen LogP contribution in [-0.2, 0) is 9.59 Å². The maximum absolute atomic E-state index is 10.7. The third-order valence-corrected chi connectivity index (χ3v) is 1.13. The van der Waals surface area contributed by atoms with Gasteiger partial charge in [0.05, 0.1) is 0 Å². The monoisotopic (exact) mass is 141 g/mol. The van der Waals surface area contributed by atoms with E-state index < -0.39 is 0 Å². The predicted molar refractivity (Wildman–Crippen MR) is 38.5 cm³/mol. The number of amides is 1. The van der Waals surface area contributed by atoms with Crippen LogP contribution in [0.5, 0.6) is 0 Å². The van der Waals surface area contributed by atoms with E-state index in [4.69, 9.17) is 0 Å². The van der Waals surface area contributed by atoms with Crippen molar-refractivity contribution in [1.29, 1.82) is 0 Å². The second kappa shape index (κ2) is 4.73. The molecule has 0 heterocycles. The minimum atomic E-state index is -0.151. The number of aldehydes is 1. The molecule has 0 aromatic rings. The quantitative estimate of drug-likeness (QED) is 0.415. The molecule has 10 heavy (non-hydrogen) atoms. The third kappa shape index (κ3) is 3.02. The average Bonchev–Trinajstić information content (AvgIpc) is 1.98. The molecule has 0 saturated heterocycles. The van der Waals surface area contributed by atoms with Gasteiger partial charge in [0.25, 0.3) is 0 Å². The first-order chi connectivity index (χ1) is 4.72. The van der Waals surface area contributed by atoms with Crippen LogP contribution in [0.2, 0.25) is 0 Å². The van der Waals surface area contributed by atoms with Crippen molar-refractivity contribution in [3.63, 3.8) is 0 Å². The number of likely N-dealkylation sites (N-methyl/N-ethyl adjacent to an activating group) is 1. The van der Waals surface area contributed by atoms with Gasteiger partial charge in [-0.05, 0) is 6.08 Å². The molecule has 0 aliphatic rings. The fraction of sp³-hybridized carbons (Fsp3) is 0.429. The average molecular weight is 141 g/mol. The molecule has 3 heteroatoms. The Bertz CT molecular complexity index is 143. The number of nitrogens with zero attached hydrogens (tertiary/aromatic N) is 1. The van der Waals surface area contributed by atoms with Crippen LogP contribution in [-0.4, -0.2) is 30.7 Å².